The van der Waals surface area contributed by atoms with E-state index in [1.165, 1.54) is 12.8 Å². The van der Waals surface area contributed by atoms with Gasteiger partial charge in [-0.1, -0.05) is 0 Å². The summed E-state index contributed by atoms with van der Waals surface area (Å²) in [5.74, 6) is -0.0273. The van der Waals surface area contributed by atoms with Gasteiger partial charge in [0, 0.05) is 42.0 Å². The smallest absolute Gasteiger partial charge is 0.254 e. The number of benzene rings is 1. The minimum atomic E-state index is -0.0137. The molecule has 0 radical (unpaired) electrons. The summed E-state index contributed by atoms with van der Waals surface area (Å²) in [6, 6.07) is 5.59. The minimum absolute atomic E-state index is 0.0137. The Bertz CT molecular complexity index is 606. The fraction of sp³-hybridized carbons (Fsp3) is 0.600. The van der Waals surface area contributed by atoms with E-state index >= 15 is 0 Å². The lowest BCUT2D eigenvalue weighted by atomic mass is 9.99. The van der Waals surface area contributed by atoms with E-state index in [1.54, 1.807) is 18.2 Å². The third-order valence-electron chi connectivity index (χ3n) is 5.58. The van der Waals surface area contributed by atoms with E-state index in [-0.39, 0.29) is 23.9 Å². The van der Waals surface area contributed by atoms with Gasteiger partial charge in [0.05, 0.1) is 0 Å². The highest BCUT2D eigenvalue weighted by atomic mass is 16.2. The third kappa shape index (κ3) is 3.80. The SMILES string of the molecule is C[C@@H]1CCCCN1C(=O)c1cc(N)cc(C(=O)N2CCCC[C@@H]2C)c1. The molecule has 2 atom stereocenters. The van der Waals surface area contributed by atoms with E-state index in [4.69, 9.17) is 5.73 Å². The molecule has 0 bridgehead atoms. The highest BCUT2D eigenvalue weighted by molar-refractivity contribution is 6.01. The summed E-state index contributed by atoms with van der Waals surface area (Å²) < 4.78 is 0. The maximum atomic E-state index is 12.9. The zero-order valence-electron chi connectivity index (χ0n) is 15.3. The van der Waals surface area contributed by atoms with Crippen LogP contribution in [0.2, 0.25) is 0 Å². The predicted molar refractivity (Wildman–Crippen MR) is 99.6 cm³/mol. The summed E-state index contributed by atoms with van der Waals surface area (Å²) in [5.41, 5.74) is 7.56. The molecule has 0 saturated carbocycles. The normalized spacial score (nSPS) is 24.2. The van der Waals surface area contributed by atoms with Crippen molar-refractivity contribution in [2.75, 3.05) is 18.8 Å². The number of carbonyl (C=O) groups is 2. The highest BCUT2D eigenvalue weighted by Crippen LogP contribution is 2.24. The van der Waals surface area contributed by atoms with Crippen molar-refractivity contribution in [1.82, 2.24) is 9.80 Å². The van der Waals surface area contributed by atoms with Gasteiger partial charge in [0.1, 0.15) is 0 Å². The quantitative estimate of drug-likeness (QED) is 0.838. The van der Waals surface area contributed by atoms with Crippen LogP contribution in [0.3, 0.4) is 0 Å². The topological polar surface area (TPSA) is 66.6 Å². The number of hydrogen-bond donors (Lipinski definition) is 1. The zero-order valence-corrected chi connectivity index (χ0v) is 15.3. The number of amides is 2. The Hall–Kier alpha value is -2.04. The second-order valence-electron chi connectivity index (χ2n) is 7.53. The molecule has 0 unspecified atom stereocenters. The largest absolute Gasteiger partial charge is 0.399 e. The standard InChI is InChI=1S/C20H29N3O2/c1-14-7-3-5-9-22(14)19(24)16-11-17(13-18(21)12-16)20(25)23-10-6-4-8-15(23)2/h11-15H,3-10,21H2,1-2H3/t14-,15+. The number of likely N-dealkylation sites (tertiary alicyclic amines) is 2. The van der Waals surface area contributed by atoms with Crippen molar-refractivity contribution < 1.29 is 9.59 Å². The predicted octanol–water partition coefficient (Wildman–Crippen LogP) is 3.30. The van der Waals surface area contributed by atoms with Crippen LogP contribution in [0.25, 0.3) is 0 Å². The number of nitrogens with zero attached hydrogens (tertiary/aromatic N) is 2. The summed E-state index contributed by atoms with van der Waals surface area (Å²) in [6.07, 6.45) is 6.47. The first-order valence-electron chi connectivity index (χ1n) is 9.50. The summed E-state index contributed by atoms with van der Waals surface area (Å²) in [4.78, 5) is 29.7. The van der Waals surface area contributed by atoms with Gasteiger partial charge in [-0.15, -0.1) is 0 Å². The van der Waals surface area contributed by atoms with Crippen LogP contribution < -0.4 is 5.73 Å². The molecule has 0 aromatic heterocycles. The average molecular weight is 343 g/mol. The molecule has 1 aromatic rings. The van der Waals surface area contributed by atoms with Crippen LogP contribution in [0, 0.1) is 0 Å². The maximum Gasteiger partial charge on any atom is 0.254 e. The fourth-order valence-corrected chi connectivity index (χ4v) is 4.03. The molecule has 3 rings (SSSR count). The minimum Gasteiger partial charge on any atom is -0.399 e. The van der Waals surface area contributed by atoms with Crippen LogP contribution in [-0.4, -0.2) is 46.8 Å². The van der Waals surface area contributed by atoms with Crippen LogP contribution in [0.15, 0.2) is 18.2 Å². The first kappa shape index (κ1) is 17.8. The third-order valence-corrected chi connectivity index (χ3v) is 5.58. The van der Waals surface area contributed by atoms with Gasteiger partial charge >= 0.3 is 0 Å². The van der Waals surface area contributed by atoms with Gasteiger partial charge in [0.2, 0.25) is 0 Å². The van der Waals surface area contributed by atoms with Gasteiger partial charge in [0.25, 0.3) is 11.8 Å². The molecule has 25 heavy (non-hydrogen) atoms. The number of anilines is 1. The van der Waals surface area contributed by atoms with E-state index in [2.05, 4.69) is 13.8 Å². The van der Waals surface area contributed by atoms with Crippen molar-refractivity contribution in [3.63, 3.8) is 0 Å². The Morgan fingerprint density at radius 1 is 0.840 bits per heavy atom. The van der Waals surface area contributed by atoms with Gasteiger partial charge in [-0.2, -0.15) is 0 Å². The van der Waals surface area contributed by atoms with E-state index in [1.807, 2.05) is 9.80 Å². The Kier molecular flexibility index (Phi) is 5.30. The molecule has 5 nitrogen and oxygen atoms in total. The van der Waals surface area contributed by atoms with Crippen LogP contribution >= 0.6 is 0 Å². The van der Waals surface area contributed by atoms with Crippen LogP contribution in [-0.2, 0) is 0 Å². The Morgan fingerprint density at radius 2 is 1.28 bits per heavy atom. The second-order valence-corrected chi connectivity index (χ2v) is 7.53. The van der Waals surface area contributed by atoms with Crippen molar-refractivity contribution >= 4 is 17.5 Å². The van der Waals surface area contributed by atoms with Crippen molar-refractivity contribution in [2.24, 2.45) is 0 Å². The molecule has 136 valence electrons. The first-order valence-corrected chi connectivity index (χ1v) is 9.50. The second kappa shape index (κ2) is 7.46. The molecular formula is C20H29N3O2. The van der Waals surface area contributed by atoms with Crippen LogP contribution in [0.1, 0.15) is 73.1 Å². The molecule has 1 aromatic carbocycles. The molecule has 0 spiro atoms. The van der Waals surface area contributed by atoms with Gasteiger partial charge in [-0.3, -0.25) is 9.59 Å². The van der Waals surface area contributed by atoms with Gasteiger partial charge in [-0.25, -0.2) is 0 Å². The van der Waals surface area contributed by atoms with Crippen molar-refractivity contribution in [3.8, 4) is 0 Å². The van der Waals surface area contributed by atoms with Gasteiger partial charge in [-0.05, 0) is 70.6 Å². The maximum absolute atomic E-state index is 12.9. The van der Waals surface area contributed by atoms with Crippen molar-refractivity contribution in [2.45, 2.75) is 64.5 Å². The molecule has 2 saturated heterocycles. The molecule has 2 fully saturated rings. The first-order chi connectivity index (χ1) is 12.0. The monoisotopic (exact) mass is 343 g/mol. The van der Waals surface area contributed by atoms with Crippen LogP contribution in [0.5, 0.6) is 0 Å². The van der Waals surface area contributed by atoms with E-state index in [0.29, 0.717) is 16.8 Å². The molecule has 2 aliphatic rings. The number of carbonyl (C=O) groups excluding carboxylic acids is 2. The van der Waals surface area contributed by atoms with Gasteiger partial charge < -0.3 is 15.5 Å². The lowest BCUT2D eigenvalue weighted by Crippen LogP contribution is -2.43. The van der Waals surface area contributed by atoms with E-state index in [9.17, 15) is 9.59 Å². The summed E-state index contributed by atoms with van der Waals surface area (Å²) in [7, 11) is 0. The molecule has 2 aliphatic heterocycles. The molecular weight excluding hydrogens is 314 g/mol. The van der Waals surface area contributed by atoms with Gasteiger partial charge in [0.15, 0.2) is 0 Å². The van der Waals surface area contributed by atoms with E-state index < -0.39 is 0 Å². The highest BCUT2D eigenvalue weighted by Gasteiger charge is 2.27. The lowest BCUT2D eigenvalue weighted by molar-refractivity contribution is 0.0634. The lowest BCUT2D eigenvalue weighted by Gasteiger charge is -2.34. The molecule has 2 heterocycles. The summed E-state index contributed by atoms with van der Waals surface area (Å²) in [6.45, 7) is 5.73. The average Bonchev–Trinajstić information content (AvgIpc) is 2.61. The van der Waals surface area contributed by atoms with E-state index in [0.717, 1.165) is 38.8 Å². The summed E-state index contributed by atoms with van der Waals surface area (Å²) in [5, 5.41) is 0. The van der Waals surface area contributed by atoms with Crippen LogP contribution in [0.4, 0.5) is 5.69 Å². The Balaban J connectivity index is 1.85. The number of nitrogen functional groups attached to an aromatic ring is 1. The van der Waals surface area contributed by atoms with Crippen molar-refractivity contribution in [1.29, 1.82) is 0 Å². The summed E-state index contributed by atoms with van der Waals surface area (Å²) >= 11 is 0. The number of nitrogens with two attached hydrogens (primary N) is 1. The molecule has 0 aliphatic carbocycles. The zero-order chi connectivity index (χ0) is 18.0. The fourth-order valence-electron chi connectivity index (χ4n) is 4.03. The molecule has 2 amide bonds. The van der Waals surface area contributed by atoms with Crippen molar-refractivity contribution in [3.05, 3.63) is 29.3 Å². The molecule has 2 N–H and O–H groups in total. The molecule has 5 heteroatoms. The number of rotatable bonds is 2. The Labute approximate surface area is 150 Å². The Morgan fingerprint density at radius 3 is 1.68 bits per heavy atom. The number of piperidine rings is 2. The number of hydrogen-bond acceptors (Lipinski definition) is 3.